The van der Waals surface area contributed by atoms with Crippen LogP contribution in [0.25, 0.3) is 0 Å². The average molecular weight is 442 g/mol. The number of amides is 1. The molecule has 2 aliphatic rings. The summed E-state index contributed by atoms with van der Waals surface area (Å²) in [6.45, 7) is 3.99. The molecule has 2 aromatic carbocycles. The molecule has 0 spiro atoms. The molecule has 4 rings (SSSR count). The van der Waals surface area contributed by atoms with Gasteiger partial charge in [0.25, 0.3) is 5.91 Å². The third-order valence-corrected chi connectivity index (χ3v) is 6.51. The van der Waals surface area contributed by atoms with Crippen molar-refractivity contribution in [3.05, 3.63) is 63.6 Å². The van der Waals surface area contributed by atoms with Crippen molar-refractivity contribution in [1.82, 2.24) is 10.2 Å². The monoisotopic (exact) mass is 441 g/mol. The fourth-order valence-electron chi connectivity index (χ4n) is 4.42. The fraction of sp³-hybridized carbons (Fsp3) is 0.435. The third kappa shape index (κ3) is 4.26. The van der Waals surface area contributed by atoms with Crippen LogP contribution in [0.4, 0.5) is 5.69 Å². The predicted molar refractivity (Wildman–Crippen MR) is 118 cm³/mol. The summed E-state index contributed by atoms with van der Waals surface area (Å²) in [6, 6.07) is 14.7. The molecular weight excluding hydrogens is 414 g/mol. The van der Waals surface area contributed by atoms with Gasteiger partial charge in [0.15, 0.2) is 0 Å². The molecule has 1 atom stereocenters. The first kappa shape index (κ1) is 19.5. The van der Waals surface area contributed by atoms with Gasteiger partial charge in [0.05, 0.1) is 6.04 Å². The second kappa shape index (κ2) is 8.66. The summed E-state index contributed by atoms with van der Waals surface area (Å²) in [7, 11) is 2.17. The maximum atomic E-state index is 12.6. The van der Waals surface area contributed by atoms with Gasteiger partial charge in [-0.25, -0.2) is 0 Å². The molecule has 0 saturated carbocycles. The van der Waals surface area contributed by atoms with E-state index < -0.39 is 0 Å². The first-order chi connectivity index (χ1) is 13.6. The van der Waals surface area contributed by atoms with E-state index in [1.807, 2.05) is 24.3 Å². The summed E-state index contributed by atoms with van der Waals surface area (Å²) in [4.78, 5) is 17.5. The van der Waals surface area contributed by atoms with Crippen LogP contribution in [0.2, 0.25) is 0 Å². The molecule has 0 bridgehead atoms. The van der Waals surface area contributed by atoms with E-state index in [-0.39, 0.29) is 11.9 Å². The van der Waals surface area contributed by atoms with Crippen LogP contribution in [0.5, 0.6) is 0 Å². The molecule has 5 heteroatoms. The van der Waals surface area contributed by atoms with Crippen LogP contribution < -0.4 is 10.2 Å². The van der Waals surface area contributed by atoms with Gasteiger partial charge in [-0.3, -0.25) is 9.69 Å². The molecule has 0 unspecified atom stereocenters. The van der Waals surface area contributed by atoms with E-state index in [0.717, 1.165) is 30.5 Å². The third-order valence-electron chi connectivity index (χ3n) is 5.98. The molecule has 1 saturated heterocycles. The molecule has 0 radical (unpaired) electrons. The zero-order chi connectivity index (χ0) is 19.5. The summed E-state index contributed by atoms with van der Waals surface area (Å²) in [5.74, 6) is -0.00519. The van der Waals surface area contributed by atoms with Crippen LogP contribution >= 0.6 is 15.9 Å². The number of fused-ring (bicyclic) bond motifs is 1. The number of rotatable bonds is 5. The lowest BCUT2D eigenvalue weighted by Crippen LogP contribution is -2.37. The van der Waals surface area contributed by atoms with Gasteiger partial charge in [-0.2, -0.15) is 0 Å². The number of nitrogens with one attached hydrogen (secondary N) is 1. The molecule has 28 heavy (non-hydrogen) atoms. The Bertz CT molecular complexity index is 830. The topological polar surface area (TPSA) is 35.6 Å². The Morgan fingerprint density at radius 3 is 2.57 bits per heavy atom. The largest absolute Gasteiger partial charge is 0.374 e. The molecular formula is C23H28BrN3O. The molecule has 148 valence electrons. The lowest BCUT2D eigenvalue weighted by atomic mass is 9.96. The van der Waals surface area contributed by atoms with E-state index >= 15 is 0 Å². The van der Waals surface area contributed by atoms with E-state index in [0.29, 0.717) is 12.1 Å². The molecule has 2 aromatic rings. The van der Waals surface area contributed by atoms with Crippen molar-refractivity contribution >= 4 is 27.5 Å². The van der Waals surface area contributed by atoms with Crippen LogP contribution in [0.1, 0.15) is 46.8 Å². The Kier molecular flexibility index (Phi) is 6.02. The van der Waals surface area contributed by atoms with Crippen LogP contribution in [-0.2, 0) is 6.42 Å². The number of carbonyl (C=O) groups is 1. The summed E-state index contributed by atoms with van der Waals surface area (Å²) in [5, 5.41) is 3.18. The smallest absolute Gasteiger partial charge is 0.251 e. The summed E-state index contributed by atoms with van der Waals surface area (Å²) < 4.78 is 0.984. The first-order valence-electron chi connectivity index (χ1n) is 10.2. The summed E-state index contributed by atoms with van der Waals surface area (Å²) >= 11 is 3.42. The number of anilines is 1. The van der Waals surface area contributed by atoms with Crippen LogP contribution in [-0.4, -0.2) is 44.0 Å². The van der Waals surface area contributed by atoms with Crippen molar-refractivity contribution in [3.8, 4) is 0 Å². The zero-order valence-corrected chi connectivity index (χ0v) is 18.0. The lowest BCUT2D eigenvalue weighted by Gasteiger charge is -2.32. The SMILES string of the molecule is CN1CCCc2cc([C@H](CNC(=O)c3ccc(Br)cc3)N3CCCC3)ccc21. The number of nitrogens with zero attached hydrogens (tertiary/aromatic N) is 2. The second-order valence-electron chi connectivity index (χ2n) is 7.89. The number of benzene rings is 2. The first-order valence-corrected chi connectivity index (χ1v) is 11.0. The van der Waals surface area contributed by atoms with Crippen molar-refractivity contribution in [2.75, 3.05) is 38.1 Å². The fourth-order valence-corrected chi connectivity index (χ4v) is 4.68. The molecule has 1 amide bonds. The van der Waals surface area contributed by atoms with Gasteiger partial charge in [-0.1, -0.05) is 28.1 Å². The van der Waals surface area contributed by atoms with Crippen LogP contribution in [0.15, 0.2) is 46.9 Å². The standard InChI is InChI=1S/C23H28BrN3O/c1-26-12-4-5-18-15-19(8-11-21(18)26)22(27-13-2-3-14-27)16-25-23(28)17-6-9-20(24)10-7-17/h6-11,15,22H,2-5,12-14,16H2,1H3,(H,25,28)/t22-/m0/s1. The number of likely N-dealkylation sites (tertiary alicyclic amines) is 1. The predicted octanol–water partition coefficient (Wildman–Crippen LogP) is 4.40. The van der Waals surface area contributed by atoms with Crippen molar-refractivity contribution in [1.29, 1.82) is 0 Å². The minimum absolute atomic E-state index is 0.00519. The number of hydrogen-bond acceptors (Lipinski definition) is 3. The van der Waals surface area contributed by atoms with E-state index in [1.54, 1.807) is 0 Å². The van der Waals surface area contributed by atoms with Gasteiger partial charge < -0.3 is 10.2 Å². The quantitative estimate of drug-likeness (QED) is 0.746. The minimum atomic E-state index is -0.00519. The highest BCUT2D eigenvalue weighted by Crippen LogP contribution is 2.31. The van der Waals surface area contributed by atoms with E-state index in [1.165, 1.54) is 36.1 Å². The maximum Gasteiger partial charge on any atom is 0.251 e. The normalized spacial score (nSPS) is 18.0. The van der Waals surface area contributed by atoms with Crippen molar-refractivity contribution in [2.24, 2.45) is 0 Å². The van der Waals surface area contributed by atoms with Crippen molar-refractivity contribution < 1.29 is 4.79 Å². The number of carbonyl (C=O) groups excluding carboxylic acids is 1. The number of halogens is 1. The van der Waals surface area contributed by atoms with Gasteiger partial charge in [0.1, 0.15) is 0 Å². The van der Waals surface area contributed by atoms with Gasteiger partial charge in [0.2, 0.25) is 0 Å². The highest BCUT2D eigenvalue weighted by molar-refractivity contribution is 9.10. The molecule has 4 nitrogen and oxygen atoms in total. The molecule has 0 aliphatic carbocycles. The molecule has 2 aliphatic heterocycles. The Hall–Kier alpha value is -1.85. The molecule has 2 heterocycles. The highest BCUT2D eigenvalue weighted by Gasteiger charge is 2.25. The Morgan fingerprint density at radius 1 is 1.07 bits per heavy atom. The van der Waals surface area contributed by atoms with E-state index in [2.05, 4.69) is 56.3 Å². The second-order valence-corrected chi connectivity index (χ2v) is 8.80. The Balaban J connectivity index is 1.52. The minimum Gasteiger partial charge on any atom is -0.374 e. The Labute approximate surface area is 176 Å². The zero-order valence-electron chi connectivity index (χ0n) is 16.5. The van der Waals surface area contributed by atoms with Crippen molar-refractivity contribution in [2.45, 2.75) is 31.7 Å². The lowest BCUT2D eigenvalue weighted by molar-refractivity contribution is 0.0938. The Morgan fingerprint density at radius 2 is 1.82 bits per heavy atom. The summed E-state index contributed by atoms with van der Waals surface area (Å²) in [6.07, 6.45) is 4.84. The molecule has 0 aromatic heterocycles. The van der Waals surface area contributed by atoms with E-state index in [9.17, 15) is 4.79 Å². The van der Waals surface area contributed by atoms with Crippen LogP contribution in [0, 0.1) is 0 Å². The van der Waals surface area contributed by atoms with Gasteiger partial charge in [0, 0.05) is 35.9 Å². The average Bonchev–Trinajstić information content (AvgIpc) is 3.23. The molecule has 1 N–H and O–H groups in total. The maximum absolute atomic E-state index is 12.6. The van der Waals surface area contributed by atoms with Crippen LogP contribution in [0.3, 0.4) is 0 Å². The highest BCUT2D eigenvalue weighted by atomic mass is 79.9. The van der Waals surface area contributed by atoms with Gasteiger partial charge >= 0.3 is 0 Å². The number of aryl methyl sites for hydroxylation is 1. The number of hydrogen-bond donors (Lipinski definition) is 1. The van der Waals surface area contributed by atoms with Crippen molar-refractivity contribution in [3.63, 3.8) is 0 Å². The van der Waals surface area contributed by atoms with Gasteiger partial charge in [-0.15, -0.1) is 0 Å². The van der Waals surface area contributed by atoms with Gasteiger partial charge in [-0.05, 0) is 80.2 Å². The molecule has 1 fully saturated rings. The summed E-state index contributed by atoms with van der Waals surface area (Å²) in [5.41, 5.74) is 4.83. The van der Waals surface area contributed by atoms with E-state index in [4.69, 9.17) is 0 Å².